The van der Waals surface area contributed by atoms with Crippen LogP contribution >= 0.6 is 23.4 Å². The lowest BCUT2D eigenvalue weighted by atomic mass is 10.1. The fourth-order valence-corrected chi connectivity index (χ4v) is 5.10. The summed E-state index contributed by atoms with van der Waals surface area (Å²) >= 11 is 8.17. The molecule has 0 saturated heterocycles. The third-order valence-corrected chi connectivity index (χ3v) is 6.10. The first-order valence-corrected chi connectivity index (χ1v) is 9.70. The van der Waals surface area contributed by atoms with E-state index in [9.17, 15) is 0 Å². The third kappa shape index (κ3) is 3.07. The van der Waals surface area contributed by atoms with Crippen molar-refractivity contribution < 1.29 is 0 Å². The molecule has 1 aromatic heterocycles. The van der Waals surface area contributed by atoms with Gasteiger partial charge in [-0.2, -0.15) is 0 Å². The van der Waals surface area contributed by atoms with E-state index < -0.39 is 0 Å². The molecule has 3 rings (SSSR count). The van der Waals surface area contributed by atoms with Crippen molar-refractivity contribution in [1.82, 2.24) is 9.88 Å². The molecule has 132 valence electrons. The highest BCUT2D eigenvalue weighted by Gasteiger charge is 2.33. The van der Waals surface area contributed by atoms with Crippen molar-refractivity contribution in [1.29, 1.82) is 5.41 Å². The Labute approximate surface area is 158 Å². The summed E-state index contributed by atoms with van der Waals surface area (Å²) in [5.74, 6) is 1.03. The van der Waals surface area contributed by atoms with Gasteiger partial charge < -0.3 is 20.6 Å². The van der Waals surface area contributed by atoms with Crippen molar-refractivity contribution in [2.24, 2.45) is 0 Å². The summed E-state index contributed by atoms with van der Waals surface area (Å²) < 4.78 is 2.34. The minimum absolute atomic E-state index is 0.262. The summed E-state index contributed by atoms with van der Waals surface area (Å²) in [7, 11) is 3.80. The fourth-order valence-electron chi connectivity index (χ4n) is 3.58. The second kappa shape index (κ2) is 7.58. The van der Waals surface area contributed by atoms with Gasteiger partial charge in [-0.3, -0.25) is 0 Å². The molecule has 0 amide bonds. The average Bonchev–Trinajstić information content (AvgIpc) is 3.20. The Balaban J connectivity index is 2.21. The number of thioether (sulfide) groups is 1. The molecule has 1 aromatic rings. The predicted molar refractivity (Wildman–Crippen MR) is 112 cm³/mol. The molecule has 3 N–H and O–H groups in total. The summed E-state index contributed by atoms with van der Waals surface area (Å²) in [6.07, 6.45) is 10.1. The van der Waals surface area contributed by atoms with Crippen LogP contribution in [0, 0.1) is 5.41 Å². The van der Waals surface area contributed by atoms with Gasteiger partial charge in [-0.1, -0.05) is 30.3 Å². The lowest BCUT2D eigenvalue weighted by Gasteiger charge is -2.28. The number of aromatic nitrogens is 1. The number of halogens is 1. The Kier molecular flexibility index (Phi) is 5.45. The Bertz CT molecular complexity index is 801. The topological polar surface area (TPSA) is 52.8 Å². The smallest absolute Gasteiger partial charge is 0.0687 e. The van der Waals surface area contributed by atoms with Crippen LogP contribution in [0.25, 0.3) is 11.6 Å². The van der Waals surface area contributed by atoms with Crippen LogP contribution in [-0.2, 0) is 6.54 Å². The maximum atomic E-state index is 7.86. The van der Waals surface area contributed by atoms with Crippen LogP contribution < -0.4 is 10.6 Å². The number of rotatable bonds is 6. The van der Waals surface area contributed by atoms with Gasteiger partial charge in [-0.05, 0) is 11.6 Å². The van der Waals surface area contributed by atoms with Crippen LogP contribution in [0.2, 0.25) is 0 Å². The Morgan fingerprint density at radius 2 is 2.24 bits per heavy atom. The SMILES string of the molecule is C=Cc1c(NC)c2n(c1/C(C=N)=C/NC)CCSC2C1=CC=C(Cl)C1. The highest BCUT2D eigenvalue weighted by molar-refractivity contribution is 7.99. The van der Waals surface area contributed by atoms with E-state index in [0.29, 0.717) is 0 Å². The van der Waals surface area contributed by atoms with Crippen molar-refractivity contribution in [3.8, 4) is 0 Å². The van der Waals surface area contributed by atoms with Crippen LogP contribution in [0.4, 0.5) is 5.69 Å². The highest BCUT2D eigenvalue weighted by atomic mass is 35.5. The number of nitrogens with zero attached hydrogens (tertiary/aromatic N) is 1. The zero-order chi connectivity index (χ0) is 18.0. The van der Waals surface area contributed by atoms with Crippen molar-refractivity contribution in [3.63, 3.8) is 0 Å². The first-order valence-electron chi connectivity index (χ1n) is 8.27. The summed E-state index contributed by atoms with van der Waals surface area (Å²) in [6.45, 7) is 4.94. The second-order valence-corrected chi connectivity index (χ2v) is 7.64. The van der Waals surface area contributed by atoms with E-state index in [0.717, 1.165) is 46.3 Å². The van der Waals surface area contributed by atoms with E-state index >= 15 is 0 Å². The Morgan fingerprint density at radius 1 is 1.44 bits per heavy atom. The molecule has 1 aliphatic carbocycles. The zero-order valence-electron chi connectivity index (χ0n) is 14.5. The summed E-state index contributed by atoms with van der Waals surface area (Å²) in [5.41, 5.74) is 6.62. The maximum Gasteiger partial charge on any atom is 0.0687 e. The molecule has 0 fully saturated rings. The van der Waals surface area contributed by atoms with E-state index in [1.165, 1.54) is 17.5 Å². The predicted octanol–water partition coefficient (Wildman–Crippen LogP) is 4.62. The van der Waals surface area contributed by atoms with Gasteiger partial charge in [-0.15, -0.1) is 11.8 Å². The van der Waals surface area contributed by atoms with E-state index in [-0.39, 0.29) is 5.25 Å². The standard InChI is InChI=1S/C19H23ClN4S/c1-4-15-16(23-3)18-19(12-5-6-14(20)9-12)25-8-7-24(18)17(15)13(10-21)11-22-2/h4-6,10-11,19,21-23H,1,7-9H2,2-3H3/b13-11+,21-10?. The van der Waals surface area contributed by atoms with E-state index in [1.807, 2.05) is 44.2 Å². The molecule has 0 spiro atoms. The van der Waals surface area contributed by atoms with E-state index in [4.69, 9.17) is 17.0 Å². The molecule has 1 atom stereocenters. The Hall–Kier alpha value is -1.85. The van der Waals surface area contributed by atoms with Crippen molar-refractivity contribution in [3.05, 3.63) is 52.5 Å². The number of fused-ring (bicyclic) bond motifs is 1. The molecule has 6 heteroatoms. The largest absolute Gasteiger partial charge is 0.393 e. The van der Waals surface area contributed by atoms with Gasteiger partial charge in [0.25, 0.3) is 0 Å². The molecule has 0 saturated carbocycles. The first-order chi connectivity index (χ1) is 12.2. The van der Waals surface area contributed by atoms with E-state index in [2.05, 4.69) is 27.9 Å². The molecule has 25 heavy (non-hydrogen) atoms. The fraction of sp³-hybridized carbons (Fsp3) is 0.316. The molecule has 0 bridgehead atoms. The highest BCUT2D eigenvalue weighted by Crippen LogP contribution is 2.50. The van der Waals surface area contributed by atoms with Crippen LogP contribution in [0.1, 0.15) is 28.6 Å². The van der Waals surface area contributed by atoms with Crippen LogP contribution in [0.15, 0.2) is 35.5 Å². The molecule has 2 heterocycles. The number of nitrogens with one attached hydrogen (secondary N) is 3. The van der Waals surface area contributed by atoms with E-state index in [1.54, 1.807) is 0 Å². The number of allylic oxidation sites excluding steroid dienone is 4. The number of hydrogen-bond acceptors (Lipinski definition) is 4. The molecule has 1 aliphatic heterocycles. The monoisotopic (exact) mass is 374 g/mol. The van der Waals surface area contributed by atoms with Crippen LogP contribution in [0.3, 0.4) is 0 Å². The molecule has 1 unspecified atom stereocenters. The van der Waals surface area contributed by atoms with Gasteiger partial charge in [0, 0.05) is 61.4 Å². The Morgan fingerprint density at radius 3 is 2.80 bits per heavy atom. The number of hydrogen-bond donors (Lipinski definition) is 3. The van der Waals surface area contributed by atoms with Crippen molar-refractivity contribution >= 4 is 46.9 Å². The minimum atomic E-state index is 0.262. The van der Waals surface area contributed by atoms with Crippen molar-refractivity contribution in [2.75, 3.05) is 25.2 Å². The van der Waals surface area contributed by atoms with Crippen LogP contribution in [-0.4, -0.2) is 30.6 Å². The third-order valence-electron chi connectivity index (χ3n) is 4.56. The second-order valence-electron chi connectivity index (χ2n) is 5.94. The van der Waals surface area contributed by atoms with Crippen LogP contribution in [0.5, 0.6) is 0 Å². The maximum absolute atomic E-state index is 7.86. The zero-order valence-corrected chi connectivity index (χ0v) is 16.1. The van der Waals surface area contributed by atoms with Gasteiger partial charge in [0.15, 0.2) is 0 Å². The average molecular weight is 375 g/mol. The molecular formula is C19H23ClN4S. The summed E-state index contributed by atoms with van der Waals surface area (Å²) in [6, 6.07) is 0. The van der Waals surface area contributed by atoms with Gasteiger partial charge in [0.05, 0.1) is 22.3 Å². The molecule has 0 aromatic carbocycles. The molecule has 4 nitrogen and oxygen atoms in total. The normalized spacial score (nSPS) is 19.8. The minimum Gasteiger partial charge on any atom is -0.393 e. The first kappa shape index (κ1) is 18.0. The van der Waals surface area contributed by atoms with Gasteiger partial charge in [0.2, 0.25) is 0 Å². The van der Waals surface area contributed by atoms with Gasteiger partial charge >= 0.3 is 0 Å². The lowest BCUT2D eigenvalue weighted by molar-refractivity contribution is 0.700. The van der Waals surface area contributed by atoms with Gasteiger partial charge in [-0.25, -0.2) is 0 Å². The van der Waals surface area contributed by atoms with Crippen molar-refractivity contribution in [2.45, 2.75) is 18.2 Å². The molecule has 2 aliphatic rings. The number of anilines is 1. The lowest BCUT2D eigenvalue weighted by Crippen LogP contribution is -2.19. The quantitative estimate of drug-likeness (QED) is 0.636. The molecule has 0 radical (unpaired) electrons. The van der Waals surface area contributed by atoms with Gasteiger partial charge in [0.1, 0.15) is 0 Å². The molecular weight excluding hydrogens is 352 g/mol. The summed E-state index contributed by atoms with van der Waals surface area (Å²) in [4.78, 5) is 0. The summed E-state index contributed by atoms with van der Waals surface area (Å²) in [5, 5.41) is 15.4.